The van der Waals surface area contributed by atoms with Gasteiger partial charge in [0.2, 0.25) is 11.9 Å². The van der Waals surface area contributed by atoms with Crippen LogP contribution in [0.2, 0.25) is 0 Å². The highest BCUT2D eigenvalue weighted by Gasteiger charge is 2.14. The molecule has 0 fully saturated rings. The van der Waals surface area contributed by atoms with Gasteiger partial charge in [-0.15, -0.1) is 4.99 Å². The number of Topliss-reactive ketones (excluding diaryl/α,β-unsaturated/α-hetero) is 1. The number of guanidine groups is 1. The molecule has 180 valence electrons. The molecule has 0 aromatic heterocycles. The average Bonchev–Trinajstić information content (AvgIpc) is 2.85. The van der Waals surface area contributed by atoms with Gasteiger partial charge in [-0.2, -0.15) is 0 Å². The van der Waals surface area contributed by atoms with Crippen molar-refractivity contribution in [3.63, 3.8) is 0 Å². The summed E-state index contributed by atoms with van der Waals surface area (Å²) in [6, 6.07) is 12.4. The van der Waals surface area contributed by atoms with E-state index in [9.17, 15) is 19.2 Å². The summed E-state index contributed by atoms with van der Waals surface area (Å²) in [6.07, 6.45) is -1.12. The minimum Gasteiger partial charge on any atom is -0.453 e. The monoisotopic (exact) mass is 486 g/mol. The predicted molar refractivity (Wildman–Crippen MR) is 130 cm³/mol. The molecule has 0 saturated carbocycles. The van der Waals surface area contributed by atoms with Gasteiger partial charge in [0, 0.05) is 28.2 Å². The summed E-state index contributed by atoms with van der Waals surface area (Å²) in [7, 11) is 2.31. The Bertz CT molecular complexity index is 1090. The molecular weight excluding hydrogens is 460 g/mol. The van der Waals surface area contributed by atoms with Crippen LogP contribution in [0.1, 0.15) is 37.0 Å². The zero-order valence-corrected chi connectivity index (χ0v) is 20.1. The third-order valence-electron chi connectivity index (χ3n) is 4.36. The highest BCUT2D eigenvalue weighted by atomic mass is 32.2. The third-order valence-corrected chi connectivity index (χ3v) is 5.35. The van der Waals surface area contributed by atoms with Crippen LogP contribution < -0.4 is 16.0 Å². The first-order valence-corrected chi connectivity index (χ1v) is 11.1. The standard InChI is InChI=1S/C23H26N4O6S/c1-5-19(28)14-7-9-15(10-8-14)34-16-11-12-17(18(13-16)24-20(29)6-2)25-21(26-22(30)32-3)27-23(31)33-4/h7-13H,5-6H2,1-4H3,(H,24,29)(H2,25,26,27,30,31). The molecule has 0 heterocycles. The number of carbonyl (C=O) groups is 4. The largest absolute Gasteiger partial charge is 0.453 e. The molecule has 0 bridgehead atoms. The minimum absolute atomic E-state index is 0.0709. The average molecular weight is 487 g/mol. The van der Waals surface area contributed by atoms with E-state index in [4.69, 9.17) is 0 Å². The highest BCUT2D eigenvalue weighted by Crippen LogP contribution is 2.33. The van der Waals surface area contributed by atoms with E-state index >= 15 is 0 Å². The Hall–Kier alpha value is -3.86. The smallest absolute Gasteiger partial charge is 0.436 e. The Morgan fingerprint density at radius 2 is 1.53 bits per heavy atom. The van der Waals surface area contributed by atoms with Crippen LogP contribution in [0.25, 0.3) is 0 Å². The van der Waals surface area contributed by atoms with Gasteiger partial charge in [0.05, 0.1) is 25.6 Å². The summed E-state index contributed by atoms with van der Waals surface area (Å²) in [5, 5.41) is 7.86. The van der Waals surface area contributed by atoms with E-state index in [0.29, 0.717) is 23.4 Å². The van der Waals surface area contributed by atoms with Crippen molar-refractivity contribution in [1.29, 1.82) is 0 Å². The molecule has 0 radical (unpaired) electrons. The highest BCUT2D eigenvalue weighted by molar-refractivity contribution is 7.99. The van der Waals surface area contributed by atoms with Gasteiger partial charge in [-0.05, 0) is 30.3 Å². The molecule has 0 spiro atoms. The van der Waals surface area contributed by atoms with E-state index < -0.39 is 12.2 Å². The molecule has 0 saturated heterocycles. The van der Waals surface area contributed by atoms with Gasteiger partial charge >= 0.3 is 12.2 Å². The Balaban J connectivity index is 2.34. The van der Waals surface area contributed by atoms with Crippen LogP contribution in [0, 0.1) is 0 Å². The van der Waals surface area contributed by atoms with Gasteiger partial charge < -0.3 is 20.1 Å². The fourth-order valence-corrected chi connectivity index (χ4v) is 3.44. The summed E-state index contributed by atoms with van der Waals surface area (Å²) >= 11 is 1.44. The number of nitrogens with one attached hydrogen (secondary N) is 3. The number of ketones is 1. The van der Waals surface area contributed by atoms with Crippen LogP contribution in [-0.2, 0) is 14.3 Å². The number of hydrogen-bond acceptors (Lipinski definition) is 7. The van der Waals surface area contributed by atoms with Crippen LogP contribution in [0.5, 0.6) is 0 Å². The maximum absolute atomic E-state index is 12.1. The number of amides is 3. The molecule has 3 amide bonds. The number of alkyl carbamates (subject to hydrolysis) is 1. The first-order valence-electron chi connectivity index (χ1n) is 10.3. The lowest BCUT2D eigenvalue weighted by Crippen LogP contribution is -2.36. The van der Waals surface area contributed by atoms with Crippen LogP contribution in [0.3, 0.4) is 0 Å². The number of aliphatic imine (C=N–C) groups is 1. The fourth-order valence-electron chi connectivity index (χ4n) is 2.59. The summed E-state index contributed by atoms with van der Waals surface area (Å²) in [5.41, 5.74) is 1.42. The second kappa shape index (κ2) is 13.0. The molecule has 10 nitrogen and oxygen atoms in total. The van der Waals surface area contributed by atoms with Crippen molar-refractivity contribution in [2.45, 2.75) is 36.5 Å². The lowest BCUT2D eigenvalue weighted by atomic mass is 10.1. The van der Waals surface area contributed by atoms with Crippen molar-refractivity contribution < 1.29 is 28.7 Å². The topological polar surface area (TPSA) is 135 Å². The third kappa shape index (κ3) is 7.93. The van der Waals surface area contributed by atoms with E-state index in [1.807, 2.05) is 19.1 Å². The molecule has 3 N–H and O–H groups in total. The van der Waals surface area contributed by atoms with Crippen molar-refractivity contribution in [2.24, 2.45) is 4.99 Å². The van der Waals surface area contributed by atoms with Crippen LogP contribution in [0.15, 0.2) is 57.2 Å². The van der Waals surface area contributed by atoms with Gasteiger partial charge in [-0.3, -0.25) is 14.9 Å². The van der Waals surface area contributed by atoms with Crippen molar-refractivity contribution in [1.82, 2.24) is 5.32 Å². The van der Waals surface area contributed by atoms with Gasteiger partial charge in [-0.1, -0.05) is 37.7 Å². The van der Waals surface area contributed by atoms with Gasteiger partial charge in [0.25, 0.3) is 0 Å². The second-order valence-electron chi connectivity index (χ2n) is 6.68. The molecule has 34 heavy (non-hydrogen) atoms. The van der Waals surface area contributed by atoms with Gasteiger partial charge in [0.1, 0.15) is 0 Å². The number of rotatable bonds is 7. The molecule has 0 atom stereocenters. The van der Waals surface area contributed by atoms with Crippen LogP contribution >= 0.6 is 11.8 Å². The lowest BCUT2D eigenvalue weighted by molar-refractivity contribution is -0.115. The number of methoxy groups -OCH3 is 2. The molecule has 2 aromatic carbocycles. The summed E-state index contributed by atoms with van der Waals surface area (Å²) in [6.45, 7) is 3.53. The normalized spacial score (nSPS) is 10.8. The predicted octanol–water partition coefficient (Wildman–Crippen LogP) is 4.67. The van der Waals surface area contributed by atoms with Gasteiger partial charge in [0.15, 0.2) is 5.78 Å². The lowest BCUT2D eigenvalue weighted by Gasteiger charge is -2.16. The van der Waals surface area contributed by atoms with Crippen LogP contribution in [0.4, 0.5) is 21.0 Å². The molecule has 2 aromatic rings. The summed E-state index contributed by atoms with van der Waals surface area (Å²) < 4.78 is 9.05. The molecule has 0 aliphatic heterocycles. The summed E-state index contributed by atoms with van der Waals surface area (Å²) in [5.74, 6) is -0.413. The Labute approximate surface area is 201 Å². The van der Waals surface area contributed by atoms with E-state index in [0.717, 1.165) is 24.0 Å². The second-order valence-corrected chi connectivity index (χ2v) is 7.83. The number of anilines is 2. The Morgan fingerprint density at radius 3 is 2.12 bits per heavy atom. The molecular formula is C23H26N4O6S. The first-order chi connectivity index (χ1) is 16.3. The Kier molecular flexibility index (Phi) is 10.1. The maximum atomic E-state index is 12.1. The molecule has 2 rings (SSSR count). The minimum atomic E-state index is -0.949. The van der Waals surface area contributed by atoms with E-state index in [2.05, 4.69) is 30.4 Å². The van der Waals surface area contributed by atoms with E-state index in [1.54, 1.807) is 37.3 Å². The Morgan fingerprint density at radius 1 is 0.853 bits per heavy atom. The van der Waals surface area contributed by atoms with Crippen molar-refractivity contribution in [2.75, 3.05) is 24.9 Å². The zero-order valence-electron chi connectivity index (χ0n) is 19.3. The fraction of sp³-hybridized carbons (Fsp3) is 0.261. The van der Waals surface area contributed by atoms with Crippen molar-refractivity contribution >= 4 is 53.0 Å². The maximum Gasteiger partial charge on any atom is 0.436 e. The summed E-state index contributed by atoms with van der Waals surface area (Å²) in [4.78, 5) is 52.5. The van der Waals surface area contributed by atoms with Gasteiger partial charge in [-0.25, -0.2) is 9.59 Å². The number of ether oxygens (including phenoxy) is 2. The zero-order chi connectivity index (χ0) is 25.1. The first kappa shape index (κ1) is 26.4. The number of hydrogen-bond donors (Lipinski definition) is 3. The molecule has 11 heteroatoms. The molecule has 0 aliphatic carbocycles. The molecule has 0 unspecified atom stereocenters. The van der Waals surface area contributed by atoms with E-state index in [-0.39, 0.29) is 24.1 Å². The quantitative estimate of drug-likeness (QED) is 0.292. The van der Waals surface area contributed by atoms with E-state index in [1.165, 1.54) is 11.8 Å². The number of carbonyl (C=O) groups excluding carboxylic acids is 4. The molecule has 0 aliphatic rings. The number of benzene rings is 2. The van der Waals surface area contributed by atoms with Crippen molar-refractivity contribution in [3.05, 3.63) is 48.0 Å². The van der Waals surface area contributed by atoms with Crippen molar-refractivity contribution in [3.8, 4) is 0 Å². The SMILES string of the molecule is CCC(=O)Nc1cc(Sc2ccc(C(=O)CC)cc2)ccc1NC(=NC(=O)OC)NC(=O)OC. The number of nitrogens with zero attached hydrogens (tertiary/aromatic N) is 1. The van der Waals surface area contributed by atoms with Crippen LogP contribution in [-0.4, -0.2) is 44.1 Å².